The number of anilines is 3. The van der Waals surface area contributed by atoms with Gasteiger partial charge in [-0.1, -0.05) is 31.2 Å². The highest BCUT2D eigenvalue weighted by molar-refractivity contribution is 6.05. The zero-order chi connectivity index (χ0) is 35.2. The molecule has 3 aromatic heterocycles. The Balaban J connectivity index is 1.07. The van der Waals surface area contributed by atoms with E-state index in [-0.39, 0.29) is 0 Å². The number of hydrogen-bond donors (Lipinski definition) is 2. The number of halogens is 2. The Morgan fingerprint density at radius 1 is 0.922 bits per heavy atom. The highest BCUT2D eigenvalue weighted by Gasteiger charge is 2.21. The molecule has 11 heteroatoms. The first-order valence-electron chi connectivity index (χ1n) is 17.3. The number of benzene rings is 3. The van der Waals surface area contributed by atoms with Gasteiger partial charge in [-0.15, -0.1) is 0 Å². The Morgan fingerprint density at radius 3 is 2.57 bits per heavy atom. The number of pyridine rings is 1. The summed E-state index contributed by atoms with van der Waals surface area (Å²) < 4.78 is 36.4. The van der Waals surface area contributed by atoms with Gasteiger partial charge in [-0.05, 0) is 118 Å². The van der Waals surface area contributed by atoms with Gasteiger partial charge in [0, 0.05) is 29.3 Å². The molecular formula is C40H39F2N7O2. The van der Waals surface area contributed by atoms with Crippen LogP contribution in [-0.2, 0) is 0 Å². The summed E-state index contributed by atoms with van der Waals surface area (Å²) in [5.74, 6) is -0.817. The molecule has 1 aliphatic heterocycles. The molecule has 4 heterocycles. The lowest BCUT2D eigenvalue weighted by atomic mass is 9.97. The molecule has 1 amide bonds. The quantitative estimate of drug-likeness (QED) is 0.141. The summed E-state index contributed by atoms with van der Waals surface area (Å²) in [7, 11) is 0. The second-order valence-electron chi connectivity index (χ2n) is 12.7. The monoisotopic (exact) mass is 687 g/mol. The van der Waals surface area contributed by atoms with E-state index < -0.39 is 23.1 Å². The molecule has 0 spiro atoms. The maximum absolute atomic E-state index is 14.3. The number of ether oxygens (including phenoxy) is 1. The van der Waals surface area contributed by atoms with E-state index in [1.165, 1.54) is 38.4 Å². The Morgan fingerprint density at radius 2 is 1.75 bits per heavy atom. The van der Waals surface area contributed by atoms with Gasteiger partial charge in [0.1, 0.15) is 28.6 Å². The van der Waals surface area contributed by atoms with Crippen molar-refractivity contribution in [1.82, 2.24) is 24.5 Å². The van der Waals surface area contributed by atoms with E-state index in [1.54, 1.807) is 28.9 Å². The number of aromatic nitrogens is 4. The van der Waals surface area contributed by atoms with E-state index in [2.05, 4.69) is 27.4 Å². The van der Waals surface area contributed by atoms with Crippen LogP contribution in [0.5, 0.6) is 5.75 Å². The van der Waals surface area contributed by atoms with Crippen LogP contribution < -0.4 is 15.4 Å². The number of carbonyl (C=O) groups is 1. The molecule has 0 saturated carbocycles. The second kappa shape index (κ2) is 15.5. The molecule has 0 unspecified atom stereocenters. The molecule has 7 rings (SSSR count). The molecule has 9 nitrogen and oxygen atoms in total. The van der Waals surface area contributed by atoms with Crippen LogP contribution in [0.4, 0.5) is 26.1 Å². The molecule has 1 fully saturated rings. The Hall–Kier alpha value is -5.68. The van der Waals surface area contributed by atoms with Crippen molar-refractivity contribution in [1.29, 1.82) is 0 Å². The van der Waals surface area contributed by atoms with Gasteiger partial charge in [-0.2, -0.15) is 5.10 Å². The molecule has 51 heavy (non-hydrogen) atoms. The van der Waals surface area contributed by atoms with E-state index in [1.807, 2.05) is 60.8 Å². The van der Waals surface area contributed by atoms with Gasteiger partial charge >= 0.3 is 0 Å². The fourth-order valence-electron chi connectivity index (χ4n) is 6.60. The van der Waals surface area contributed by atoms with Crippen molar-refractivity contribution < 1.29 is 18.3 Å². The van der Waals surface area contributed by atoms with Gasteiger partial charge < -0.3 is 20.3 Å². The SMILES string of the molecule is CCN1CCC[C@H](CCOc2ccc(Nc3nccc(-c4c(-c5cccc(NC(=O)c6c(F)cccc6F)c5)nn5ccccc45)n3)cc2)CC1. The number of hydrogen-bond acceptors (Lipinski definition) is 7. The van der Waals surface area contributed by atoms with Crippen LogP contribution in [0, 0.1) is 17.6 Å². The van der Waals surface area contributed by atoms with E-state index in [0.29, 0.717) is 41.1 Å². The molecule has 2 N–H and O–H groups in total. The molecule has 0 aliphatic carbocycles. The van der Waals surface area contributed by atoms with E-state index in [4.69, 9.17) is 14.8 Å². The predicted octanol–water partition coefficient (Wildman–Crippen LogP) is 8.62. The van der Waals surface area contributed by atoms with E-state index >= 15 is 0 Å². The number of rotatable bonds is 11. The van der Waals surface area contributed by atoms with Crippen molar-refractivity contribution in [3.05, 3.63) is 121 Å². The lowest BCUT2D eigenvalue weighted by molar-refractivity contribution is 0.101. The number of carbonyl (C=O) groups excluding carboxylic acids is 1. The third-order valence-electron chi connectivity index (χ3n) is 9.33. The van der Waals surface area contributed by atoms with Crippen molar-refractivity contribution >= 4 is 28.7 Å². The summed E-state index contributed by atoms with van der Waals surface area (Å²) in [6, 6.07) is 25.6. The highest BCUT2D eigenvalue weighted by atomic mass is 19.1. The van der Waals surface area contributed by atoms with E-state index in [9.17, 15) is 13.6 Å². The van der Waals surface area contributed by atoms with Crippen LogP contribution in [0.15, 0.2) is 103 Å². The molecule has 260 valence electrons. The third kappa shape index (κ3) is 7.89. The Labute approximate surface area is 295 Å². The zero-order valence-electron chi connectivity index (χ0n) is 28.4. The van der Waals surface area contributed by atoms with Gasteiger partial charge in [0.05, 0.1) is 23.4 Å². The van der Waals surface area contributed by atoms with Crippen LogP contribution in [0.25, 0.3) is 28.0 Å². The first-order chi connectivity index (χ1) is 24.9. The number of nitrogens with zero attached hydrogens (tertiary/aromatic N) is 5. The molecular weight excluding hydrogens is 648 g/mol. The van der Waals surface area contributed by atoms with Crippen molar-refractivity contribution in [3.63, 3.8) is 0 Å². The van der Waals surface area contributed by atoms with Crippen molar-refractivity contribution in [2.45, 2.75) is 32.6 Å². The van der Waals surface area contributed by atoms with Gasteiger partial charge in [-0.3, -0.25) is 4.79 Å². The first-order valence-corrected chi connectivity index (χ1v) is 17.3. The number of amides is 1. The highest BCUT2D eigenvalue weighted by Crippen LogP contribution is 2.36. The average molecular weight is 688 g/mol. The maximum atomic E-state index is 14.3. The Kier molecular flexibility index (Phi) is 10.3. The minimum Gasteiger partial charge on any atom is -0.494 e. The lowest BCUT2D eigenvalue weighted by Crippen LogP contribution is -2.24. The molecule has 6 aromatic rings. The molecule has 1 saturated heterocycles. The number of fused-ring (bicyclic) bond motifs is 1. The lowest BCUT2D eigenvalue weighted by Gasteiger charge is -2.17. The van der Waals surface area contributed by atoms with Crippen LogP contribution in [0.2, 0.25) is 0 Å². The molecule has 1 atom stereocenters. The van der Waals surface area contributed by atoms with Crippen LogP contribution in [0.1, 0.15) is 43.0 Å². The second-order valence-corrected chi connectivity index (χ2v) is 12.7. The normalized spacial score (nSPS) is 15.0. The molecule has 0 radical (unpaired) electrons. The fraction of sp³-hybridized carbons (Fsp3) is 0.250. The summed E-state index contributed by atoms with van der Waals surface area (Å²) >= 11 is 0. The predicted molar refractivity (Wildman–Crippen MR) is 195 cm³/mol. The summed E-state index contributed by atoms with van der Waals surface area (Å²) in [4.78, 5) is 24.7. The van der Waals surface area contributed by atoms with Crippen LogP contribution in [0.3, 0.4) is 0 Å². The largest absolute Gasteiger partial charge is 0.494 e. The topological polar surface area (TPSA) is 96.7 Å². The minimum atomic E-state index is -0.937. The van der Waals surface area contributed by atoms with Gasteiger partial charge in [0.2, 0.25) is 5.95 Å². The van der Waals surface area contributed by atoms with E-state index in [0.717, 1.165) is 47.6 Å². The van der Waals surface area contributed by atoms with Gasteiger partial charge in [0.25, 0.3) is 5.91 Å². The van der Waals surface area contributed by atoms with Crippen molar-refractivity contribution in [2.75, 3.05) is 36.9 Å². The van der Waals surface area contributed by atoms with Gasteiger partial charge in [0.15, 0.2) is 0 Å². The summed E-state index contributed by atoms with van der Waals surface area (Å²) in [6.07, 6.45) is 8.36. The standard InChI is InChI=1S/C40H39F2N7O2/c1-2-48-22-7-8-27(19-24-48)20-25-51-31-16-14-29(15-17-31)45-40-43-21-18-34(46-40)37-35-13-3-4-23-49(35)47-38(37)28-9-5-10-30(26-28)44-39(50)36-32(41)11-6-12-33(36)42/h3-6,9-18,21,23,26-27H,2,7-8,19-20,22,24-25H2,1H3,(H,44,50)(H,43,45,46)/t27-/m0/s1. The fourth-order valence-corrected chi connectivity index (χ4v) is 6.60. The van der Waals surface area contributed by atoms with Gasteiger partial charge in [-0.25, -0.2) is 23.3 Å². The average Bonchev–Trinajstić information content (AvgIpc) is 3.38. The molecule has 1 aliphatic rings. The minimum absolute atomic E-state index is 0.355. The maximum Gasteiger partial charge on any atom is 0.261 e. The first kappa shape index (κ1) is 33.8. The summed E-state index contributed by atoms with van der Waals surface area (Å²) in [6.45, 7) is 6.45. The molecule has 3 aromatic carbocycles. The zero-order valence-corrected chi connectivity index (χ0v) is 28.4. The van der Waals surface area contributed by atoms with Crippen LogP contribution >= 0.6 is 0 Å². The molecule has 0 bridgehead atoms. The summed E-state index contributed by atoms with van der Waals surface area (Å²) in [5, 5.41) is 10.8. The Bertz CT molecular complexity index is 2120. The number of nitrogens with one attached hydrogen (secondary N) is 2. The third-order valence-corrected chi connectivity index (χ3v) is 9.33. The smallest absolute Gasteiger partial charge is 0.261 e. The summed E-state index contributed by atoms with van der Waals surface area (Å²) in [5.41, 5.74) is 4.00. The van der Waals surface area contributed by atoms with Crippen molar-refractivity contribution in [2.24, 2.45) is 5.92 Å². The number of likely N-dealkylation sites (tertiary alicyclic amines) is 1. The van der Waals surface area contributed by atoms with Crippen molar-refractivity contribution in [3.8, 4) is 28.3 Å². The van der Waals surface area contributed by atoms with Crippen LogP contribution in [-0.4, -0.2) is 56.6 Å².